The summed E-state index contributed by atoms with van der Waals surface area (Å²) in [7, 11) is 1.63. The summed E-state index contributed by atoms with van der Waals surface area (Å²) in [5.41, 5.74) is 1.16. The van der Waals surface area contributed by atoms with Crippen LogP contribution in [0.15, 0.2) is 30.4 Å². The van der Waals surface area contributed by atoms with Crippen LogP contribution in [0.2, 0.25) is 0 Å². The summed E-state index contributed by atoms with van der Waals surface area (Å²) >= 11 is 0. The van der Waals surface area contributed by atoms with Crippen LogP contribution in [0.5, 0.6) is 0 Å². The summed E-state index contributed by atoms with van der Waals surface area (Å²) in [6, 6.07) is 2.19. The maximum Gasteiger partial charge on any atom is 0.373 e. The standard InChI is InChI=1S/C68H110N4O26.CO2/c1-48(2)55(65(81)70-49(3)57(74)41-50-8-9-52(46-98-67(83)68(4,5)6)51(40-50)10-11-59-64(80)63(79)58(75)47-97-59)43-54(73)45-71-53(42-56(66(71)82)72-61(77)12-13-62(72)78)44-69-60(76)14-15-85-18-19-87-22-23-89-26-27-91-30-31-93-34-35-95-38-39-96-37-36-94-33-32-92-29-28-90-25-24-88-21-20-86-17-16-84-7;2-1-3/h8-9,12-13,40,48-49,53,55-56,58-59,63-64,75,79-80H,10-11,14-39,41-47H2,1-7H3,(H,69,76)(H,70,81);/t49-,53-,55-,56+,58+,59-,63-,64-;/m0./s1. The van der Waals surface area contributed by atoms with Gasteiger partial charge in [0, 0.05) is 51.0 Å². The van der Waals surface area contributed by atoms with Crippen LogP contribution in [0.3, 0.4) is 0 Å². The van der Waals surface area contributed by atoms with Crippen molar-refractivity contribution in [3.8, 4) is 0 Å². The summed E-state index contributed by atoms with van der Waals surface area (Å²) in [6.45, 7) is 19.8. The Bertz CT molecular complexity index is 2620. The van der Waals surface area contributed by atoms with E-state index >= 15 is 0 Å². The highest BCUT2D eigenvalue weighted by Crippen LogP contribution is 2.28. The van der Waals surface area contributed by atoms with Gasteiger partial charge in [0.05, 0.1) is 202 Å². The molecule has 3 aliphatic heterocycles. The van der Waals surface area contributed by atoms with Crippen LogP contribution in [0.1, 0.15) is 83.9 Å². The Kier molecular flexibility index (Phi) is 46.7. The van der Waals surface area contributed by atoms with Gasteiger partial charge in [0.2, 0.25) is 17.7 Å². The number of amides is 5. The fourth-order valence-corrected chi connectivity index (χ4v) is 10.2. The molecule has 3 heterocycles. The van der Waals surface area contributed by atoms with E-state index in [0.29, 0.717) is 168 Å². The number of methoxy groups -OCH3 is 1. The molecule has 0 bridgehead atoms. The number of ketones is 2. The Morgan fingerprint density at radius 2 is 1.08 bits per heavy atom. The third-order valence-corrected chi connectivity index (χ3v) is 15.9. The van der Waals surface area contributed by atoms with Crippen LogP contribution in [0.4, 0.5) is 0 Å². The molecule has 101 heavy (non-hydrogen) atoms. The second-order valence-electron chi connectivity index (χ2n) is 25.1. The third kappa shape index (κ3) is 37.3. The molecule has 32 heteroatoms. The lowest BCUT2D eigenvalue weighted by Crippen LogP contribution is -2.52. The van der Waals surface area contributed by atoms with Crippen molar-refractivity contribution in [2.45, 2.75) is 129 Å². The molecule has 2 saturated heterocycles. The van der Waals surface area contributed by atoms with E-state index < -0.39 is 108 Å². The summed E-state index contributed by atoms with van der Waals surface area (Å²) in [6.07, 6.45) is -2.41. The number of carbonyl (C=O) groups excluding carboxylic acids is 10. The first-order valence-electron chi connectivity index (χ1n) is 34.4. The summed E-state index contributed by atoms with van der Waals surface area (Å²) in [5, 5.41) is 36.3. The molecule has 3 aliphatic rings. The minimum atomic E-state index is -1.39. The molecule has 2 fully saturated rings. The number of likely N-dealkylation sites (tertiary alicyclic amines) is 1. The topological polar surface area (TPSA) is 400 Å². The molecule has 4 rings (SSSR count). The van der Waals surface area contributed by atoms with Crippen molar-refractivity contribution in [2.75, 3.05) is 192 Å². The van der Waals surface area contributed by atoms with Crippen LogP contribution in [-0.2, 0) is 138 Å². The van der Waals surface area contributed by atoms with E-state index in [2.05, 4.69) is 10.6 Å². The monoisotopic (exact) mass is 1440 g/mol. The molecule has 5 amide bonds. The zero-order valence-corrected chi connectivity index (χ0v) is 59.8. The molecule has 5 N–H and O–H groups in total. The Balaban J connectivity index is 0.00000867. The summed E-state index contributed by atoms with van der Waals surface area (Å²) < 4.78 is 82.0. The van der Waals surface area contributed by atoms with Crippen molar-refractivity contribution in [1.29, 1.82) is 0 Å². The molecule has 1 aromatic carbocycles. The summed E-state index contributed by atoms with van der Waals surface area (Å²) in [4.78, 5) is 125. The normalized spacial score (nSPS) is 18.9. The molecule has 0 aliphatic carbocycles. The molecule has 0 unspecified atom stereocenters. The van der Waals surface area contributed by atoms with Gasteiger partial charge in [-0.05, 0) is 69.6 Å². The maximum atomic E-state index is 14.0. The Hall–Kier alpha value is -5.98. The van der Waals surface area contributed by atoms with E-state index in [-0.39, 0.29) is 83.6 Å². The molecule has 32 nitrogen and oxygen atoms in total. The number of aryl methyl sites for hydroxylation is 1. The lowest BCUT2D eigenvalue weighted by molar-refractivity contribution is -0.192. The smallest absolute Gasteiger partial charge is 0.373 e. The number of rotatable bonds is 57. The first-order valence-corrected chi connectivity index (χ1v) is 34.4. The van der Waals surface area contributed by atoms with E-state index in [0.717, 1.165) is 17.1 Å². The van der Waals surface area contributed by atoms with Gasteiger partial charge < -0.3 is 102 Å². The number of aliphatic hydroxyl groups excluding tert-OH is 3. The van der Waals surface area contributed by atoms with E-state index in [1.165, 1.54) is 11.8 Å². The van der Waals surface area contributed by atoms with Crippen LogP contribution in [-0.4, -0.2) is 313 Å². The second-order valence-corrected chi connectivity index (χ2v) is 25.1. The van der Waals surface area contributed by atoms with Crippen LogP contribution >= 0.6 is 0 Å². The van der Waals surface area contributed by atoms with Crippen molar-refractivity contribution in [1.82, 2.24) is 20.4 Å². The maximum absolute atomic E-state index is 14.0. The third-order valence-electron chi connectivity index (χ3n) is 15.9. The number of aliphatic hydroxyl groups is 3. The highest BCUT2D eigenvalue weighted by atomic mass is 16.6. The Labute approximate surface area is 591 Å². The average molecular weight is 1440 g/mol. The SMILES string of the molecule is COCCOCCOCCOCCOCCOCCOCCOCCOCCOCCOCCOCCOCCC(=O)NC[C@@H]1C[C@@H](N2C(=O)C=CC2=O)C(=O)N1CC(=O)C[C@H](C(=O)N[C@@H](C)C(=O)Cc1ccc(COC(=O)C(C)(C)C)c(CC[C@@H]2OC[C@@H](O)[C@H](O)[C@H]2O)c1)C(C)C.O=C=O. The predicted octanol–water partition coefficient (Wildman–Crippen LogP) is -0.299. The van der Waals surface area contributed by atoms with Gasteiger partial charge in [-0.15, -0.1) is 0 Å². The molecule has 0 spiro atoms. The van der Waals surface area contributed by atoms with Gasteiger partial charge in [-0.3, -0.25) is 43.3 Å². The van der Waals surface area contributed by atoms with E-state index in [9.17, 15) is 53.7 Å². The highest BCUT2D eigenvalue weighted by molar-refractivity contribution is 6.15. The molecule has 0 saturated carbocycles. The molecule has 1 aromatic rings. The molecule has 0 aromatic heterocycles. The zero-order chi connectivity index (χ0) is 74.2. The first-order chi connectivity index (χ1) is 48.5. The van der Waals surface area contributed by atoms with Gasteiger partial charge in [0.1, 0.15) is 31.0 Å². The van der Waals surface area contributed by atoms with Gasteiger partial charge in [-0.2, -0.15) is 9.59 Å². The molecule has 574 valence electrons. The van der Waals surface area contributed by atoms with Gasteiger partial charge in [0.25, 0.3) is 11.8 Å². The van der Waals surface area contributed by atoms with Gasteiger partial charge in [0.15, 0.2) is 11.6 Å². The van der Waals surface area contributed by atoms with Gasteiger partial charge in [-0.25, -0.2) is 0 Å². The largest absolute Gasteiger partial charge is 0.460 e. The average Bonchev–Trinajstić information content (AvgIpc) is 1.64. The fraction of sp³-hybridized carbons (Fsp3) is 0.754. The number of Topliss-reactive ketones (excluding diaryl/α,β-unsaturated/α-hetero) is 2. The number of hydrogen-bond donors (Lipinski definition) is 5. The molecular formula is C69H110N4O28. The molecule has 8 atom stereocenters. The van der Waals surface area contributed by atoms with E-state index in [1.807, 2.05) is 0 Å². The highest BCUT2D eigenvalue weighted by Gasteiger charge is 2.47. The Morgan fingerprint density at radius 1 is 0.634 bits per heavy atom. The van der Waals surface area contributed by atoms with Gasteiger partial charge >= 0.3 is 12.1 Å². The van der Waals surface area contributed by atoms with E-state index in [4.69, 9.17) is 80.6 Å². The quantitative estimate of drug-likeness (QED) is 0.0317. The fourth-order valence-electron chi connectivity index (χ4n) is 10.2. The zero-order valence-electron chi connectivity index (χ0n) is 59.8. The van der Waals surface area contributed by atoms with E-state index in [1.54, 1.807) is 59.9 Å². The van der Waals surface area contributed by atoms with Gasteiger partial charge in [-0.1, -0.05) is 32.0 Å². The number of hydrogen-bond acceptors (Lipinski definition) is 28. The van der Waals surface area contributed by atoms with Crippen molar-refractivity contribution in [2.24, 2.45) is 17.3 Å². The van der Waals surface area contributed by atoms with Crippen LogP contribution in [0, 0.1) is 17.3 Å². The van der Waals surface area contributed by atoms with Crippen molar-refractivity contribution in [3.05, 3.63) is 47.0 Å². The molecular weight excluding hydrogens is 1330 g/mol. The number of nitrogens with zero attached hydrogens (tertiary/aromatic N) is 2. The van der Waals surface area contributed by atoms with Crippen LogP contribution in [0.25, 0.3) is 0 Å². The second kappa shape index (κ2) is 52.9. The number of nitrogens with one attached hydrogen (secondary N) is 2. The number of ether oxygens (including phenoxy) is 15. The number of benzene rings is 1. The number of imide groups is 1. The predicted molar refractivity (Wildman–Crippen MR) is 355 cm³/mol. The van der Waals surface area contributed by atoms with Crippen LogP contribution < -0.4 is 10.6 Å². The van der Waals surface area contributed by atoms with Crippen molar-refractivity contribution < 1.29 is 134 Å². The van der Waals surface area contributed by atoms with Crippen molar-refractivity contribution in [3.63, 3.8) is 0 Å². The minimum absolute atomic E-state index is 0.0365. The minimum Gasteiger partial charge on any atom is -0.460 e. The number of carbonyl (C=O) groups is 8. The Morgan fingerprint density at radius 3 is 1.51 bits per heavy atom. The molecule has 0 radical (unpaired) electrons. The first kappa shape index (κ1) is 89.2. The summed E-state index contributed by atoms with van der Waals surface area (Å²) in [5.74, 6) is -5.61. The lowest BCUT2D eigenvalue weighted by Gasteiger charge is -2.35. The number of esters is 1. The lowest BCUT2D eigenvalue weighted by atomic mass is 9.89. The van der Waals surface area contributed by atoms with Crippen molar-refractivity contribution >= 4 is 53.2 Å².